The van der Waals surface area contributed by atoms with Gasteiger partial charge >= 0.3 is 6.03 Å². The molecule has 3 rings (SSSR count). The Morgan fingerprint density at radius 1 is 1.29 bits per heavy atom. The predicted octanol–water partition coefficient (Wildman–Crippen LogP) is 2.72. The molecule has 0 radical (unpaired) electrons. The van der Waals surface area contributed by atoms with Gasteiger partial charge in [-0.2, -0.15) is 4.98 Å². The number of aromatic nitrogens is 2. The Bertz CT molecular complexity index is 690. The van der Waals surface area contributed by atoms with Crippen molar-refractivity contribution in [3.63, 3.8) is 0 Å². The van der Waals surface area contributed by atoms with E-state index in [4.69, 9.17) is 16.3 Å². The van der Waals surface area contributed by atoms with Crippen molar-refractivity contribution in [2.24, 2.45) is 0 Å². The minimum absolute atomic E-state index is 0.131. The zero-order chi connectivity index (χ0) is 15.0. The molecule has 0 saturated carbocycles. The van der Waals surface area contributed by atoms with Crippen molar-refractivity contribution >= 4 is 29.1 Å². The van der Waals surface area contributed by atoms with Gasteiger partial charge in [-0.05, 0) is 35.9 Å². The third kappa shape index (κ3) is 2.38. The van der Waals surface area contributed by atoms with Gasteiger partial charge in [-0.3, -0.25) is 9.80 Å². The van der Waals surface area contributed by atoms with Crippen molar-refractivity contribution in [2.75, 3.05) is 24.0 Å². The topological polar surface area (TPSA) is 58.6 Å². The fourth-order valence-electron chi connectivity index (χ4n) is 2.25. The van der Waals surface area contributed by atoms with Gasteiger partial charge in [0.2, 0.25) is 5.28 Å². The van der Waals surface area contributed by atoms with Crippen molar-refractivity contribution in [1.82, 2.24) is 9.97 Å². The first kappa shape index (κ1) is 13.6. The van der Waals surface area contributed by atoms with E-state index in [9.17, 15) is 4.79 Å². The van der Waals surface area contributed by atoms with Crippen LogP contribution >= 0.6 is 11.6 Å². The molecule has 1 aliphatic heterocycles. The molecule has 0 fully saturated rings. The minimum Gasteiger partial charge on any atom is -0.497 e. The van der Waals surface area contributed by atoms with Crippen LogP contribution in [0.25, 0.3) is 0 Å². The van der Waals surface area contributed by atoms with Crippen LogP contribution in [-0.4, -0.2) is 30.2 Å². The van der Waals surface area contributed by atoms with Crippen molar-refractivity contribution in [1.29, 1.82) is 0 Å². The highest BCUT2D eigenvalue weighted by Crippen LogP contribution is 2.30. The summed E-state index contributed by atoms with van der Waals surface area (Å²) in [6.45, 7) is 0.405. The molecule has 0 unspecified atom stereocenters. The summed E-state index contributed by atoms with van der Waals surface area (Å²) in [6, 6.07) is 7.15. The number of fused-ring (bicyclic) bond motifs is 1. The summed E-state index contributed by atoms with van der Waals surface area (Å²) in [7, 11) is 3.27. The van der Waals surface area contributed by atoms with Gasteiger partial charge in [0, 0.05) is 24.5 Å². The average Bonchev–Trinajstić information content (AvgIpc) is 2.51. The van der Waals surface area contributed by atoms with Crippen molar-refractivity contribution in [3.05, 3.63) is 41.3 Å². The molecule has 0 saturated heterocycles. The van der Waals surface area contributed by atoms with Crippen LogP contribution in [-0.2, 0) is 6.54 Å². The van der Waals surface area contributed by atoms with Gasteiger partial charge < -0.3 is 4.74 Å². The second-order valence-electron chi connectivity index (χ2n) is 4.61. The first-order valence-corrected chi connectivity index (χ1v) is 6.68. The molecule has 0 bridgehead atoms. The number of ether oxygens (including phenoxy) is 1. The minimum atomic E-state index is -0.164. The smallest absolute Gasteiger partial charge is 0.330 e. The fraction of sp³-hybridized carbons (Fsp3) is 0.214. The molecular formula is C14H13ClN4O2. The summed E-state index contributed by atoms with van der Waals surface area (Å²) >= 11 is 5.79. The number of urea groups is 1. The normalized spacial score (nSPS) is 14.1. The molecule has 108 valence electrons. The van der Waals surface area contributed by atoms with Crippen LogP contribution in [0.3, 0.4) is 0 Å². The number of anilines is 2. The van der Waals surface area contributed by atoms with Gasteiger partial charge in [0.05, 0.1) is 13.7 Å². The molecule has 0 spiro atoms. The Balaban J connectivity index is 1.97. The molecule has 0 atom stereocenters. The molecule has 1 aromatic carbocycles. The van der Waals surface area contributed by atoms with Crippen LogP contribution in [0.1, 0.15) is 5.56 Å². The summed E-state index contributed by atoms with van der Waals surface area (Å²) in [4.78, 5) is 23.7. The number of carbonyl (C=O) groups excluding carboxylic acids is 1. The SMILES string of the molecule is COc1ccc(N2Cc3cnc(Cl)nc3N(C)C2=O)cc1. The molecule has 2 amide bonds. The summed E-state index contributed by atoms with van der Waals surface area (Å²) in [5.74, 6) is 1.29. The van der Waals surface area contributed by atoms with Crippen LogP contribution < -0.4 is 14.5 Å². The third-order valence-electron chi connectivity index (χ3n) is 3.36. The highest BCUT2D eigenvalue weighted by Gasteiger charge is 2.30. The summed E-state index contributed by atoms with van der Waals surface area (Å²) in [5.41, 5.74) is 1.63. The third-order valence-corrected chi connectivity index (χ3v) is 3.54. The lowest BCUT2D eigenvalue weighted by molar-refractivity contribution is 0.251. The second kappa shape index (κ2) is 5.21. The summed E-state index contributed by atoms with van der Waals surface area (Å²) < 4.78 is 5.13. The number of benzene rings is 1. The van der Waals surface area contributed by atoms with Crippen molar-refractivity contribution in [2.45, 2.75) is 6.54 Å². The van der Waals surface area contributed by atoms with E-state index in [2.05, 4.69) is 9.97 Å². The van der Waals surface area contributed by atoms with Crippen LogP contribution in [0.4, 0.5) is 16.3 Å². The number of hydrogen-bond donors (Lipinski definition) is 0. The lowest BCUT2D eigenvalue weighted by Gasteiger charge is -2.33. The van der Waals surface area contributed by atoms with E-state index in [1.165, 1.54) is 4.90 Å². The maximum Gasteiger partial charge on any atom is 0.330 e. The monoisotopic (exact) mass is 304 g/mol. The highest BCUT2D eigenvalue weighted by atomic mass is 35.5. The molecule has 2 heterocycles. The number of halogens is 1. The maximum absolute atomic E-state index is 12.5. The Hall–Kier alpha value is -2.34. The molecule has 6 nitrogen and oxygen atoms in total. The van der Waals surface area contributed by atoms with Gasteiger partial charge in [0.1, 0.15) is 11.6 Å². The largest absolute Gasteiger partial charge is 0.497 e. The fourth-order valence-corrected chi connectivity index (χ4v) is 2.38. The van der Waals surface area contributed by atoms with Crippen LogP contribution in [0.2, 0.25) is 5.28 Å². The number of rotatable bonds is 2. The Labute approximate surface area is 126 Å². The number of amides is 2. The van der Waals surface area contributed by atoms with E-state index in [1.54, 1.807) is 25.3 Å². The Morgan fingerprint density at radius 2 is 2.00 bits per heavy atom. The number of hydrogen-bond acceptors (Lipinski definition) is 4. The van der Waals surface area contributed by atoms with E-state index in [-0.39, 0.29) is 11.3 Å². The number of nitrogens with zero attached hydrogens (tertiary/aromatic N) is 4. The lowest BCUT2D eigenvalue weighted by atomic mass is 10.2. The van der Waals surface area contributed by atoms with Crippen LogP contribution in [0, 0.1) is 0 Å². The zero-order valence-electron chi connectivity index (χ0n) is 11.6. The molecular weight excluding hydrogens is 292 g/mol. The standard InChI is InChI=1S/C14H13ClN4O2/c1-18-12-9(7-16-13(15)17-12)8-19(14(18)20)10-3-5-11(21-2)6-4-10/h3-7H,8H2,1-2H3. The van der Waals surface area contributed by atoms with Gasteiger partial charge in [-0.15, -0.1) is 0 Å². The lowest BCUT2D eigenvalue weighted by Crippen LogP contribution is -2.45. The van der Waals surface area contributed by atoms with Gasteiger partial charge in [0.25, 0.3) is 0 Å². The molecule has 1 aliphatic rings. The highest BCUT2D eigenvalue weighted by molar-refractivity contribution is 6.28. The number of carbonyl (C=O) groups is 1. The molecule has 1 aromatic heterocycles. The van der Waals surface area contributed by atoms with E-state index >= 15 is 0 Å². The zero-order valence-corrected chi connectivity index (χ0v) is 12.3. The van der Waals surface area contributed by atoms with E-state index < -0.39 is 0 Å². The van der Waals surface area contributed by atoms with Gasteiger partial charge in [-0.1, -0.05) is 0 Å². The summed E-state index contributed by atoms with van der Waals surface area (Å²) in [5, 5.41) is 0.131. The molecule has 0 aliphatic carbocycles. The van der Waals surface area contributed by atoms with Crippen LogP contribution in [0.15, 0.2) is 30.5 Å². The average molecular weight is 305 g/mol. The van der Waals surface area contributed by atoms with E-state index in [1.807, 2.05) is 24.3 Å². The first-order valence-electron chi connectivity index (χ1n) is 6.31. The number of methoxy groups -OCH3 is 1. The molecule has 0 N–H and O–H groups in total. The molecule has 7 heteroatoms. The Morgan fingerprint density at radius 3 is 2.67 bits per heavy atom. The van der Waals surface area contributed by atoms with Crippen LogP contribution in [0.5, 0.6) is 5.75 Å². The van der Waals surface area contributed by atoms with E-state index in [0.717, 1.165) is 17.0 Å². The maximum atomic E-state index is 12.5. The first-order chi connectivity index (χ1) is 10.1. The second-order valence-corrected chi connectivity index (χ2v) is 4.95. The summed E-state index contributed by atoms with van der Waals surface area (Å²) in [6.07, 6.45) is 1.64. The van der Waals surface area contributed by atoms with Gasteiger partial charge in [0.15, 0.2) is 0 Å². The van der Waals surface area contributed by atoms with Crippen molar-refractivity contribution < 1.29 is 9.53 Å². The van der Waals surface area contributed by atoms with E-state index in [0.29, 0.717) is 12.4 Å². The quantitative estimate of drug-likeness (QED) is 0.800. The molecule has 2 aromatic rings. The Kier molecular flexibility index (Phi) is 3.39. The van der Waals surface area contributed by atoms with Crippen molar-refractivity contribution in [3.8, 4) is 5.75 Å². The molecule has 21 heavy (non-hydrogen) atoms. The van der Waals surface area contributed by atoms with Gasteiger partial charge in [-0.25, -0.2) is 9.78 Å². The predicted molar refractivity (Wildman–Crippen MR) is 80.0 cm³/mol.